The summed E-state index contributed by atoms with van der Waals surface area (Å²) in [7, 11) is 0. The van der Waals surface area contributed by atoms with Gasteiger partial charge in [0.2, 0.25) is 5.91 Å². The summed E-state index contributed by atoms with van der Waals surface area (Å²) in [6, 6.07) is -0.811. The number of unbranched alkanes of at least 4 members (excludes halogenated alkanes) is 19. The van der Waals surface area contributed by atoms with E-state index in [0.29, 0.717) is 12.8 Å². The molecule has 0 rings (SSSR count). The normalized spacial score (nSPS) is 14.2. The molecule has 3 atom stereocenters. The van der Waals surface area contributed by atoms with E-state index in [2.05, 4.69) is 43.5 Å². The zero-order valence-electron chi connectivity index (χ0n) is 26.5. The monoisotopic (exact) mass is 566 g/mol. The fraction of sp³-hybridized carbons (Fsp3) is 0.857. The first-order valence-electron chi connectivity index (χ1n) is 17.1. The van der Waals surface area contributed by atoms with Gasteiger partial charge in [-0.1, -0.05) is 147 Å². The molecule has 0 heterocycles. The Hall–Kier alpha value is -1.17. The predicted molar refractivity (Wildman–Crippen MR) is 171 cm³/mol. The van der Waals surface area contributed by atoms with Crippen LogP contribution in [0.2, 0.25) is 0 Å². The number of nitrogens with one attached hydrogen (secondary N) is 1. The largest absolute Gasteiger partial charge is 0.394 e. The second kappa shape index (κ2) is 30.8. The number of hydrogen-bond donors (Lipinski definition) is 4. The van der Waals surface area contributed by atoms with Gasteiger partial charge in [-0.3, -0.25) is 4.79 Å². The van der Waals surface area contributed by atoms with Gasteiger partial charge in [-0.2, -0.15) is 0 Å². The Morgan fingerprint density at radius 1 is 0.625 bits per heavy atom. The highest BCUT2D eigenvalue weighted by atomic mass is 16.3. The minimum absolute atomic E-state index is 0.159. The van der Waals surface area contributed by atoms with E-state index in [4.69, 9.17) is 0 Å². The minimum atomic E-state index is -1.14. The number of aliphatic hydroxyl groups excluding tert-OH is 3. The van der Waals surface area contributed by atoms with Crippen molar-refractivity contribution in [3.63, 3.8) is 0 Å². The molecule has 0 spiro atoms. The van der Waals surface area contributed by atoms with Crippen molar-refractivity contribution >= 4 is 5.91 Å². The molecule has 0 saturated carbocycles. The van der Waals surface area contributed by atoms with Crippen LogP contribution in [-0.2, 0) is 4.79 Å². The maximum absolute atomic E-state index is 12.3. The smallest absolute Gasteiger partial charge is 0.220 e. The Morgan fingerprint density at radius 3 is 1.57 bits per heavy atom. The lowest BCUT2D eigenvalue weighted by Gasteiger charge is -2.26. The summed E-state index contributed by atoms with van der Waals surface area (Å²) >= 11 is 0. The van der Waals surface area contributed by atoms with Crippen LogP contribution in [-0.4, -0.2) is 46.1 Å². The van der Waals surface area contributed by atoms with Crippen molar-refractivity contribution in [2.45, 2.75) is 186 Å². The van der Waals surface area contributed by atoms with Crippen LogP contribution in [0.1, 0.15) is 168 Å². The van der Waals surface area contributed by atoms with E-state index in [1.165, 1.54) is 96.3 Å². The van der Waals surface area contributed by atoms with Gasteiger partial charge in [0.25, 0.3) is 0 Å². The zero-order chi connectivity index (χ0) is 29.5. The SMILES string of the molecule is CCCCC/C=C\C=C/CCCCCCCCC(=O)NC(CO)C(O)C(O)CCCCCCCCCCCCC. The first-order valence-corrected chi connectivity index (χ1v) is 17.1. The van der Waals surface area contributed by atoms with Crippen LogP contribution in [0.5, 0.6) is 0 Å². The molecule has 1 amide bonds. The molecule has 0 aliphatic rings. The van der Waals surface area contributed by atoms with E-state index in [1.54, 1.807) is 0 Å². The zero-order valence-corrected chi connectivity index (χ0v) is 26.5. The van der Waals surface area contributed by atoms with E-state index in [9.17, 15) is 20.1 Å². The lowest BCUT2D eigenvalue weighted by molar-refractivity contribution is -0.124. The second-order valence-electron chi connectivity index (χ2n) is 11.8. The second-order valence-corrected chi connectivity index (χ2v) is 11.8. The molecule has 5 heteroatoms. The van der Waals surface area contributed by atoms with Crippen molar-refractivity contribution in [3.8, 4) is 0 Å². The fourth-order valence-corrected chi connectivity index (χ4v) is 5.09. The average molecular weight is 566 g/mol. The summed E-state index contributed by atoms with van der Waals surface area (Å²) in [5.74, 6) is -0.159. The number of allylic oxidation sites excluding steroid dienone is 4. The minimum Gasteiger partial charge on any atom is -0.394 e. The molecule has 0 fully saturated rings. The van der Waals surface area contributed by atoms with Crippen molar-refractivity contribution in [3.05, 3.63) is 24.3 Å². The molecule has 0 aromatic carbocycles. The van der Waals surface area contributed by atoms with Crippen molar-refractivity contribution in [2.24, 2.45) is 0 Å². The third kappa shape index (κ3) is 25.8. The summed E-state index contributed by atoms with van der Waals surface area (Å²) in [4.78, 5) is 12.3. The van der Waals surface area contributed by atoms with E-state index in [0.717, 1.165) is 44.9 Å². The number of carbonyl (C=O) groups excluding carboxylic acids is 1. The lowest BCUT2D eigenvalue weighted by atomic mass is 9.99. The summed E-state index contributed by atoms with van der Waals surface area (Å²) in [5, 5.41) is 33.2. The van der Waals surface area contributed by atoms with E-state index < -0.39 is 18.2 Å². The van der Waals surface area contributed by atoms with Crippen LogP contribution in [0.15, 0.2) is 24.3 Å². The molecule has 0 aromatic rings. The molecule has 0 aromatic heterocycles. The molecule has 5 nitrogen and oxygen atoms in total. The maximum Gasteiger partial charge on any atom is 0.220 e. The molecule has 0 aliphatic heterocycles. The number of rotatable bonds is 30. The highest BCUT2D eigenvalue weighted by Gasteiger charge is 2.26. The Morgan fingerprint density at radius 2 is 1.05 bits per heavy atom. The number of aliphatic hydroxyl groups is 3. The van der Waals surface area contributed by atoms with Crippen LogP contribution >= 0.6 is 0 Å². The van der Waals surface area contributed by atoms with E-state index in [1.807, 2.05) is 0 Å². The topological polar surface area (TPSA) is 89.8 Å². The quantitative estimate of drug-likeness (QED) is 0.0518. The molecule has 40 heavy (non-hydrogen) atoms. The predicted octanol–water partition coefficient (Wildman–Crippen LogP) is 8.70. The van der Waals surface area contributed by atoms with Gasteiger partial charge in [-0.25, -0.2) is 0 Å². The van der Waals surface area contributed by atoms with Gasteiger partial charge in [-0.05, 0) is 38.5 Å². The van der Waals surface area contributed by atoms with Gasteiger partial charge < -0.3 is 20.6 Å². The highest BCUT2D eigenvalue weighted by Crippen LogP contribution is 2.15. The van der Waals surface area contributed by atoms with Gasteiger partial charge >= 0.3 is 0 Å². The first kappa shape index (κ1) is 38.8. The molecule has 0 radical (unpaired) electrons. The average Bonchev–Trinajstić information content (AvgIpc) is 2.96. The van der Waals surface area contributed by atoms with Crippen molar-refractivity contribution in [1.29, 1.82) is 0 Å². The summed E-state index contributed by atoms with van der Waals surface area (Å²) in [5.41, 5.74) is 0. The molecule has 236 valence electrons. The van der Waals surface area contributed by atoms with Crippen LogP contribution in [0.25, 0.3) is 0 Å². The van der Waals surface area contributed by atoms with Crippen molar-refractivity contribution in [2.75, 3.05) is 6.61 Å². The summed E-state index contributed by atoms with van der Waals surface area (Å²) in [6.45, 7) is 4.11. The van der Waals surface area contributed by atoms with Gasteiger partial charge in [0.15, 0.2) is 0 Å². The number of amides is 1. The number of hydrogen-bond acceptors (Lipinski definition) is 4. The van der Waals surface area contributed by atoms with Crippen LogP contribution < -0.4 is 5.32 Å². The molecule has 0 bridgehead atoms. The van der Waals surface area contributed by atoms with E-state index >= 15 is 0 Å². The van der Waals surface area contributed by atoms with Gasteiger partial charge in [0.1, 0.15) is 6.10 Å². The third-order valence-electron chi connectivity index (χ3n) is 7.84. The Bertz CT molecular complexity index is 592. The van der Waals surface area contributed by atoms with Gasteiger partial charge in [-0.15, -0.1) is 0 Å². The van der Waals surface area contributed by atoms with Gasteiger partial charge in [0.05, 0.1) is 18.8 Å². The Labute approximate surface area is 248 Å². The highest BCUT2D eigenvalue weighted by molar-refractivity contribution is 5.76. The third-order valence-corrected chi connectivity index (χ3v) is 7.84. The Balaban J connectivity index is 3.75. The maximum atomic E-state index is 12.3. The lowest BCUT2D eigenvalue weighted by Crippen LogP contribution is -2.50. The van der Waals surface area contributed by atoms with E-state index in [-0.39, 0.29) is 12.5 Å². The molecule has 4 N–H and O–H groups in total. The van der Waals surface area contributed by atoms with Crippen molar-refractivity contribution < 1.29 is 20.1 Å². The Kier molecular flexibility index (Phi) is 29.9. The number of carbonyl (C=O) groups is 1. The van der Waals surface area contributed by atoms with Crippen LogP contribution in [0, 0.1) is 0 Å². The molecule has 0 aliphatic carbocycles. The summed E-state index contributed by atoms with van der Waals surface area (Å²) in [6.07, 6.45) is 34.0. The van der Waals surface area contributed by atoms with Crippen molar-refractivity contribution in [1.82, 2.24) is 5.32 Å². The molecule has 3 unspecified atom stereocenters. The summed E-state index contributed by atoms with van der Waals surface area (Å²) < 4.78 is 0. The van der Waals surface area contributed by atoms with Gasteiger partial charge in [0, 0.05) is 6.42 Å². The van der Waals surface area contributed by atoms with Crippen LogP contribution in [0.4, 0.5) is 0 Å². The standard InChI is InChI=1S/C35H67NO4/c1-3-5-7-9-11-13-15-16-17-18-20-22-24-26-28-30-34(39)36-32(31-37)35(40)33(38)29-27-25-23-21-19-14-12-10-8-6-4-2/h11,13,15-16,32-33,35,37-38,40H,3-10,12,14,17-31H2,1-2H3,(H,36,39)/b13-11-,16-15-. The molecular weight excluding hydrogens is 498 g/mol. The van der Waals surface area contributed by atoms with Crippen LogP contribution in [0.3, 0.4) is 0 Å². The first-order chi connectivity index (χ1) is 19.6. The molecular formula is C35H67NO4. The fourth-order valence-electron chi connectivity index (χ4n) is 5.09. The molecule has 0 saturated heterocycles.